The van der Waals surface area contributed by atoms with Gasteiger partial charge in [0.25, 0.3) is 0 Å². The first kappa shape index (κ1) is 23.7. The van der Waals surface area contributed by atoms with Gasteiger partial charge >= 0.3 is 6.18 Å². The van der Waals surface area contributed by atoms with Crippen molar-refractivity contribution in [2.24, 2.45) is 5.73 Å². The van der Waals surface area contributed by atoms with Gasteiger partial charge in [-0.05, 0) is 23.3 Å². The molecule has 0 bridgehead atoms. The van der Waals surface area contributed by atoms with Gasteiger partial charge in [-0.1, -0.05) is 66.7 Å². The molecule has 33 heavy (non-hydrogen) atoms. The molecule has 0 spiro atoms. The predicted octanol–water partition coefficient (Wildman–Crippen LogP) is 3.69. The summed E-state index contributed by atoms with van der Waals surface area (Å²) in [7, 11) is 0. The summed E-state index contributed by atoms with van der Waals surface area (Å²) in [6.07, 6.45) is -4.56. The Morgan fingerprint density at radius 3 is 1.88 bits per heavy atom. The zero-order valence-electron chi connectivity index (χ0n) is 17.4. The Labute approximate surface area is 188 Å². The molecule has 170 valence electrons. The van der Waals surface area contributed by atoms with Crippen molar-refractivity contribution in [1.82, 2.24) is 5.32 Å². The van der Waals surface area contributed by atoms with Crippen LogP contribution in [0.15, 0.2) is 78.9 Å². The molecule has 0 aliphatic heterocycles. The predicted molar refractivity (Wildman–Crippen MR) is 116 cm³/mol. The standard InChI is InChI=1S/C25H21F3N2O3/c26-25(27,28)20-12-8-17(9-13-20)15-22(31)30-21(24(29)33)14-16-6-10-19(11-7-16)23(32)18-4-2-1-3-5-18/h1-13,21H,14-15H2,(H2,29,33)(H,30,31)/t21-/m0/s1. The lowest BCUT2D eigenvalue weighted by Gasteiger charge is -2.16. The molecule has 0 aromatic heterocycles. The second-order valence-corrected chi connectivity index (χ2v) is 7.49. The van der Waals surface area contributed by atoms with E-state index in [1.807, 2.05) is 6.07 Å². The van der Waals surface area contributed by atoms with Gasteiger partial charge < -0.3 is 11.1 Å². The minimum atomic E-state index is -4.46. The smallest absolute Gasteiger partial charge is 0.368 e. The number of carbonyl (C=O) groups is 3. The third-order valence-corrected chi connectivity index (χ3v) is 5.02. The summed E-state index contributed by atoms with van der Waals surface area (Å²) in [5.41, 5.74) is 6.68. The van der Waals surface area contributed by atoms with Crippen LogP contribution in [0, 0.1) is 0 Å². The number of alkyl halides is 3. The largest absolute Gasteiger partial charge is 0.416 e. The number of benzene rings is 3. The second kappa shape index (κ2) is 10.1. The van der Waals surface area contributed by atoms with Gasteiger partial charge in [0.15, 0.2) is 5.78 Å². The Kier molecular flexibility index (Phi) is 7.27. The van der Waals surface area contributed by atoms with E-state index < -0.39 is 29.6 Å². The molecule has 1 atom stereocenters. The lowest BCUT2D eigenvalue weighted by atomic mass is 9.99. The third-order valence-electron chi connectivity index (χ3n) is 5.02. The summed E-state index contributed by atoms with van der Waals surface area (Å²) >= 11 is 0. The van der Waals surface area contributed by atoms with Crippen LogP contribution in [0.2, 0.25) is 0 Å². The average Bonchev–Trinajstić information content (AvgIpc) is 2.79. The van der Waals surface area contributed by atoms with Gasteiger partial charge in [0.05, 0.1) is 12.0 Å². The van der Waals surface area contributed by atoms with Crippen molar-refractivity contribution in [2.75, 3.05) is 0 Å². The molecular weight excluding hydrogens is 433 g/mol. The van der Waals surface area contributed by atoms with Crippen molar-refractivity contribution in [3.8, 4) is 0 Å². The monoisotopic (exact) mass is 454 g/mol. The second-order valence-electron chi connectivity index (χ2n) is 7.49. The van der Waals surface area contributed by atoms with Crippen molar-refractivity contribution < 1.29 is 27.6 Å². The number of amides is 2. The maximum atomic E-state index is 12.7. The molecule has 3 aromatic rings. The van der Waals surface area contributed by atoms with Gasteiger partial charge in [-0.15, -0.1) is 0 Å². The van der Waals surface area contributed by atoms with E-state index in [1.165, 1.54) is 12.1 Å². The van der Waals surface area contributed by atoms with Gasteiger partial charge in [0.1, 0.15) is 6.04 Å². The SMILES string of the molecule is NC(=O)[C@H](Cc1ccc(C(=O)c2ccccc2)cc1)NC(=O)Cc1ccc(C(F)(F)F)cc1. The first-order chi connectivity index (χ1) is 15.6. The summed E-state index contributed by atoms with van der Waals surface area (Å²) < 4.78 is 38.0. The molecule has 0 saturated heterocycles. The number of ketones is 1. The number of halogens is 3. The quantitative estimate of drug-likeness (QED) is 0.509. The molecule has 8 heteroatoms. The summed E-state index contributed by atoms with van der Waals surface area (Å²) in [5.74, 6) is -1.44. The summed E-state index contributed by atoms with van der Waals surface area (Å²) in [5, 5.41) is 2.52. The number of carbonyl (C=O) groups excluding carboxylic acids is 3. The number of rotatable bonds is 8. The van der Waals surface area contributed by atoms with E-state index in [0.717, 1.165) is 12.1 Å². The zero-order valence-corrected chi connectivity index (χ0v) is 17.4. The third kappa shape index (κ3) is 6.52. The lowest BCUT2D eigenvalue weighted by molar-refractivity contribution is -0.137. The molecule has 0 radical (unpaired) electrons. The van der Waals surface area contributed by atoms with Crippen LogP contribution in [0.5, 0.6) is 0 Å². The molecule has 0 aliphatic rings. The van der Waals surface area contributed by atoms with Crippen molar-refractivity contribution >= 4 is 17.6 Å². The molecule has 3 aromatic carbocycles. The Balaban J connectivity index is 1.62. The molecule has 3 rings (SSSR count). The van der Waals surface area contributed by atoms with Crippen molar-refractivity contribution in [2.45, 2.75) is 25.1 Å². The van der Waals surface area contributed by atoms with Crippen LogP contribution in [0.3, 0.4) is 0 Å². The van der Waals surface area contributed by atoms with Crippen LogP contribution in [0.1, 0.15) is 32.6 Å². The van der Waals surface area contributed by atoms with E-state index in [1.54, 1.807) is 48.5 Å². The van der Waals surface area contributed by atoms with Crippen LogP contribution < -0.4 is 11.1 Å². The van der Waals surface area contributed by atoms with E-state index in [9.17, 15) is 27.6 Å². The molecular formula is C25H21F3N2O3. The molecule has 0 unspecified atom stereocenters. The first-order valence-electron chi connectivity index (χ1n) is 10.1. The highest BCUT2D eigenvalue weighted by Crippen LogP contribution is 2.29. The molecule has 5 nitrogen and oxygen atoms in total. The number of primary amides is 1. The lowest BCUT2D eigenvalue weighted by Crippen LogP contribution is -2.46. The molecule has 0 aliphatic carbocycles. The highest BCUT2D eigenvalue weighted by molar-refractivity contribution is 6.08. The zero-order chi connectivity index (χ0) is 24.0. The van der Waals surface area contributed by atoms with E-state index in [4.69, 9.17) is 5.73 Å². The van der Waals surface area contributed by atoms with Crippen molar-refractivity contribution in [3.63, 3.8) is 0 Å². The number of hydrogen-bond acceptors (Lipinski definition) is 3. The van der Waals surface area contributed by atoms with Gasteiger partial charge in [0.2, 0.25) is 11.8 Å². The average molecular weight is 454 g/mol. The van der Waals surface area contributed by atoms with Crippen LogP contribution in [-0.4, -0.2) is 23.6 Å². The maximum Gasteiger partial charge on any atom is 0.416 e. The summed E-state index contributed by atoms with van der Waals surface area (Å²) in [6, 6.07) is 18.6. The van der Waals surface area contributed by atoms with Crippen molar-refractivity contribution in [1.29, 1.82) is 0 Å². The first-order valence-corrected chi connectivity index (χ1v) is 10.1. The number of nitrogens with one attached hydrogen (secondary N) is 1. The molecule has 0 saturated carbocycles. The minimum absolute atomic E-state index is 0.105. The molecule has 3 N–H and O–H groups in total. The van der Waals surface area contributed by atoms with E-state index in [-0.39, 0.29) is 18.6 Å². The summed E-state index contributed by atoms with van der Waals surface area (Å²) in [6.45, 7) is 0. The fourth-order valence-corrected chi connectivity index (χ4v) is 3.25. The maximum absolute atomic E-state index is 12.7. The molecule has 0 fully saturated rings. The van der Waals surface area contributed by atoms with Crippen molar-refractivity contribution in [3.05, 3.63) is 107 Å². The number of nitrogens with two attached hydrogens (primary N) is 1. The molecule has 0 heterocycles. The van der Waals surface area contributed by atoms with Gasteiger partial charge in [-0.3, -0.25) is 14.4 Å². The van der Waals surface area contributed by atoms with Gasteiger partial charge in [0, 0.05) is 17.5 Å². The Morgan fingerprint density at radius 2 is 1.33 bits per heavy atom. The highest BCUT2D eigenvalue weighted by atomic mass is 19.4. The van der Waals surface area contributed by atoms with Gasteiger partial charge in [-0.25, -0.2) is 0 Å². The van der Waals surface area contributed by atoms with Crippen LogP contribution in [-0.2, 0) is 28.6 Å². The van der Waals surface area contributed by atoms with E-state index >= 15 is 0 Å². The Morgan fingerprint density at radius 1 is 0.788 bits per heavy atom. The normalized spacial score (nSPS) is 12.1. The fraction of sp³-hybridized carbons (Fsp3) is 0.160. The number of hydrogen-bond donors (Lipinski definition) is 2. The minimum Gasteiger partial charge on any atom is -0.368 e. The highest BCUT2D eigenvalue weighted by Gasteiger charge is 2.30. The summed E-state index contributed by atoms with van der Waals surface area (Å²) in [4.78, 5) is 36.6. The Hall–Kier alpha value is -3.94. The van der Waals surface area contributed by atoms with E-state index in [0.29, 0.717) is 22.3 Å². The fourth-order valence-electron chi connectivity index (χ4n) is 3.25. The van der Waals surface area contributed by atoms with Crippen LogP contribution >= 0.6 is 0 Å². The van der Waals surface area contributed by atoms with Crippen LogP contribution in [0.4, 0.5) is 13.2 Å². The molecule has 2 amide bonds. The Bertz CT molecular complexity index is 1130. The topological polar surface area (TPSA) is 89.3 Å². The van der Waals surface area contributed by atoms with Crippen LogP contribution in [0.25, 0.3) is 0 Å². The van der Waals surface area contributed by atoms with Gasteiger partial charge in [-0.2, -0.15) is 13.2 Å². The van der Waals surface area contributed by atoms with E-state index in [2.05, 4.69) is 5.32 Å².